The number of aromatic nitrogens is 1. The number of fused-ring (bicyclic) bond motifs is 3. The third kappa shape index (κ3) is 2.39. The van der Waals surface area contributed by atoms with Gasteiger partial charge in [-0.2, -0.15) is 0 Å². The number of aromatic amines is 1. The first kappa shape index (κ1) is 12.7. The van der Waals surface area contributed by atoms with Crippen molar-refractivity contribution in [2.45, 2.75) is 44.1 Å². The van der Waals surface area contributed by atoms with E-state index in [9.17, 15) is 4.79 Å². The summed E-state index contributed by atoms with van der Waals surface area (Å²) in [6.07, 6.45) is 8.61. The first-order chi connectivity index (χ1) is 9.08. The van der Waals surface area contributed by atoms with Crippen molar-refractivity contribution in [2.24, 2.45) is 5.92 Å². The van der Waals surface area contributed by atoms with Gasteiger partial charge in [0.2, 0.25) is 0 Å². The number of carbonyl (C=O) groups excluding carboxylic acids is 1. The highest BCUT2D eigenvalue weighted by Gasteiger charge is 2.41. The summed E-state index contributed by atoms with van der Waals surface area (Å²) >= 11 is 5.06. The molecule has 1 aromatic rings. The number of hydrogen-bond acceptors (Lipinski definition) is 3. The average molecular weight is 277 g/mol. The number of carbonyl (C=O) groups is 1. The SMILES string of the molecule is Nc1c[nH]c(=S)cc1C(=O)NC12CCC(CC1)CC2. The van der Waals surface area contributed by atoms with Gasteiger partial charge < -0.3 is 16.0 Å². The van der Waals surface area contributed by atoms with Crippen LogP contribution in [0, 0.1) is 10.6 Å². The number of amides is 1. The molecule has 0 atom stereocenters. The lowest BCUT2D eigenvalue weighted by atomic mass is 9.66. The van der Waals surface area contributed by atoms with Gasteiger partial charge in [0.05, 0.1) is 11.3 Å². The van der Waals surface area contributed by atoms with Gasteiger partial charge >= 0.3 is 0 Å². The summed E-state index contributed by atoms with van der Waals surface area (Å²) in [6.45, 7) is 0. The zero-order chi connectivity index (χ0) is 13.5. The Kier molecular flexibility index (Phi) is 3.09. The van der Waals surface area contributed by atoms with E-state index in [0.717, 1.165) is 25.2 Å². The number of rotatable bonds is 2. The van der Waals surface area contributed by atoms with Crippen molar-refractivity contribution < 1.29 is 4.79 Å². The Labute approximate surface area is 117 Å². The fourth-order valence-electron chi connectivity index (χ4n) is 3.42. The molecule has 0 aliphatic heterocycles. The second-order valence-electron chi connectivity index (χ2n) is 5.88. The molecule has 1 aromatic heterocycles. The third-order valence-corrected chi connectivity index (χ3v) is 4.91. The highest BCUT2D eigenvalue weighted by molar-refractivity contribution is 7.71. The quantitative estimate of drug-likeness (QED) is 0.728. The van der Waals surface area contributed by atoms with E-state index in [1.807, 2.05) is 0 Å². The van der Waals surface area contributed by atoms with Crippen molar-refractivity contribution in [3.8, 4) is 0 Å². The van der Waals surface area contributed by atoms with E-state index in [4.69, 9.17) is 18.0 Å². The summed E-state index contributed by atoms with van der Waals surface area (Å²) in [6, 6.07) is 1.64. The summed E-state index contributed by atoms with van der Waals surface area (Å²) < 4.78 is 0.532. The lowest BCUT2D eigenvalue weighted by molar-refractivity contribution is 0.0715. The normalized spacial score (nSPS) is 29.2. The molecule has 0 saturated heterocycles. The summed E-state index contributed by atoms with van der Waals surface area (Å²) in [5, 5.41) is 3.23. The summed E-state index contributed by atoms with van der Waals surface area (Å²) in [5.41, 5.74) is 6.79. The minimum atomic E-state index is -0.0852. The molecule has 1 heterocycles. The van der Waals surface area contributed by atoms with E-state index in [-0.39, 0.29) is 11.4 Å². The largest absolute Gasteiger partial charge is 0.397 e. The maximum Gasteiger partial charge on any atom is 0.253 e. The minimum absolute atomic E-state index is 0.000548. The molecule has 102 valence electrons. The van der Waals surface area contributed by atoms with Crippen LogP contribution in [0.4, 0.5) is 5.69 Å². The maximum absolute atomic E-state index is 12.4. The van der Waals surface area contributed by atoms with Crippen LogP contribution in [0.1, 0.15) is 48.9 Å². The number of nitrogens with one attached hydrogen (secondary N) is 2. The van der Waals surface area contributed by atoms with Gasteiger partial charge in [-0.25, -0.2) is 0 Å². The van der Waals surface area contributed by atoms with Gasteiger partial charge in [-0.05, 0) is 50.5 Å². The minimum Gasteiger partial charge on any atom is -0.397 e. The van der Waals surface area contributed by atoms with Gasteiger partial charge in [-0.1, -0.05) is 12.2 Å². The van der Waals surface area contributed by atoms with E-state index < -0.39 is 0 Å². The van der Waals surface area contributed by atoms with Crippen molar-refractivity contribution in [3.05, 3.63) is 22.5 Å². The molecule has 4 rings (SSSR count). The second-order valence-corrected chi connectivity index (χ2v) is 6.32. The van der Waals surface area contributed by atoms with Gasteiger partial charge in [0, 0.05) is 11.7 Å². The Hall–Kier alpha value is -1.36. The molecule has 1 amide bonds. The van der Waals surface area contributed by atoms with Crippen molar-refractivity contribution >= 4 is 23.8 Å². The molecule has 2 bridgehead atoms. The fraction of sp³-hybridized carbons (Fsp3) is 0.571. The highest BCUT2D eigenvalue weighted by atomic mass is 32.1. The van der Waals surface area contributed by atoms with Gasteiger partial charge in [0.25, 0.3) is 5.91 Å². The number of anilines is 1. The van der Waals surface area contributed by atoms with E-state index in [1.54, 1.807) is 12.3 Å². The molecule has 0 radical (unpaired) electrons. The molecule has 19 heavy (non-hydrogen) atoms. The van der Waals surface area contributed by atoms with Crippen molar-refractivity contribution in [2.75, 3.05) is 5.73 Å². The number of pyridine rings is 1. The monoisotopic (exact) mass is 277 g/mol. The maximum atomic E-state index is 12.4. The lowest BCUT2D eigenvalue weighted by Gasteiger charge is -2.47. The molecule has 3 saturated carbocycles. The molecule has 0 aromatic carbocycles. The van der Waals surface area contributed by atoms with Gasteiger partial charge in [-0.15, -0.1) is 0 Å². The molecule has 0 spiro atoms. The van der Waals surface area contributed by atoms with Crippen LogP contribution in [0.3, 0.4) is 0 Å². The first-order valence-electron chi connectivity index (χ1n) is 6.89. The van der Waals surface area contributed by atoms with E-state index in [0.29, 0.717) is 15.9 Å². The van der Waals surface area contributed by atoms with Crippen LogP contribution in [-0.2, 0) is 0 Å². The zero-order valence-electron chi connectivity index (χ0n) is 10.9. The number of nitrogen functional groups attached to an aromatic ring is 1. The molecule has 0 unspecified atom stereocenters. The van der Waals surface area contributed by atoms with Crippen molar-refractivity contribution in [1.29, 1.82) is 0 Å². The van der Waals surface area contributed by atoms with Crippen molar-refractivity contribution in [3.63, 3.8) is 0 Å². The van der Waals surface area contributed by atoms with E-state index in [1.165, 1.54) is 19.3 Å². The van der Waals surface area contributed by atoms with Gasteiger partial charge in [0.15, 0.2) is 0 Å². The fourth-order valence-corrected chi connectivity index (χ4v) is 3.60. The molecular weight excluding hydrogens is 258 g/mol. The molecule has 4 nitrogen and oxygen atoms in total. The molecule has 3 fully saturated rings. The number of nitrogens with two attached hydrogens (primary N) is 1. The Morgan fingerprint density at radius 2 is 2.00 bits per heavy atom. The molecular formula is C14H19N3OS. The van der Waals surface area contributed by atoms with Gasteiger partial charge in [-0.3, -0.25) is 4.79 Å². The van der Waals surface area contributed by atoms with Crippen LogP contribution in [0.2, 0.25) is 0 Å². The summed E-state index contributed by atoms with van der Waals surface area (Å²) in [4.78, 5) is 15.3. The second kappa shape index (κ2) is 4.63. The number of hydrogen-bond donors (Lipinski definition) is 3. The molecule has 5 heteroatoms. The average Bonchev–Trinajstić information content (AvgIpc) is 2.43. The van der Waals surface area contributed by atoms with E-state index >= 15 is 0 Å². The van der Waals surface area contributed by atoms with Crippen LogP contribution < -0.4 is 11.1 Å². The Morgan fingerprint density at radius 1 is 1.37 bits per heavy atom. The topological polar surface area (TPSA) is 70.9 Å². The highest BCUT2D eigenvalue weighted by Crippen LogP contribution is 2.44. The number of H-pyrrole nitrogens is 1. The Morgan fingerprint density at radius 3 is 2.63 bits per heavy atom. The standard InChI is InChI=1S/C14H19N3OS/c15-11-8-16-12(19)7-10(11)13(18)17-14-4-1-9(2-5-14)3-6-14/h7-9H,1-6,15H2,(H,16,19)(H,17,18). The van der Waals surface area contributed by atoms with Crippen LogP contribution in [0.15, 0.2) is 12.3 Å². The Bertz CT molecular complexity index is 544. The molecule has 4 N–H and O–H groups in total. The zero-order valence-corrected chi connectivity index (χ0v) is 11.7. The smallest absolute Gasteiger partial charge is 0.253 e. The predicted molar refractivity (Wildman–Crippen MR) is 77.4 cm³/mol. The lowest BCUT2D eigenvalue weighted by Crippen LogP contribution is -2.53. The van der Waals surface area contributed by atoms with Crippen LogP contribution in [0.25, 0.3) is 0 Å². The van der Waals surface area contributed by atoms with Crippen LogP contribution >= 0.6 is 12.2 Å². The third-order valence-electron chi connectivity index (χ3n) is 4.67. The Balaban J connectivity index is 1.81. The molecule has 3 aliphatic rings. The van der Waals surface area contributed by atoms with Gasteiger partial charge in [0.1, 0.15) is 4.64 Å². The first-order valence-corrected chi connectivity index (χ1v) is 7.30. The predicted octanol–water partition coefficient (Wildman–Crippen LogP) is 2.78. The van der Waals surface area contributed by atoms with Crippen LogP contribution in [0.5, 0.6) is 0 Å². The van der Waals surface area contributed by atoms with Crippen molar-refractivity contribution in [1.82, 2.24) is 10.3 Å². The summed E-state index contributed by atoms with van der Waals surface area (Å²) in [5.74, 6) is 0.798. The summed E-state index contributed by atoms with van der Waals surface area (Å²) in [7, 11) is 0. The van der Waals surface area contributed by atoms with Crippen LogP contribution in [-0.4, -0.2) is 16.4 Å². The molecule has 3 aliphatic carbocycles. The van der Waals surface area contributed by atoms with E-state index in [2.05, 4.69) is 10.3 Å².